The Bertz CT molecular complexity index is 1120. The van der Waals surface area contributed by atoms with Gasteiger partial charge in [0.25, 0.3) is 5.91 Å². The van der Waals surface area contributed by atoms with Crippen molar-refractivity contribution in [2.45, 2.75) is 39.1 Å². The summed E-state index contributed by atoms with van der Waals surface area (Å²) in [4.78, 5) is 22.3. The molecule has 1 aromatic heterocycles. The fourth-order valence-corrected chi connectivity index (χ4v) is 4.22. The summed E-state index contributed by atoms with van der Waals surface area (Å²) in [6.45, 7) is 4.60. The predicted octanol–water partition coefficient (Wildman–Crippen LogP) is 3.18. The van der Waals surface area contributed by atoms with Crippen LogP contribution in [0.15, 0.2) is 30.6 Å². The Morgan fingerprint density at radius 1 is 1.18 bits per heavy atom. The molecule has 9 nitrogen and oxygen atoms in total. The van der Waals surface area contributed by atoms with Gasteiger partial charge in [0, 0.05) is 32.0 Å². The zero-order valence-corrected chi connectivity index (χ0v) is 19.8. The van der Waals surface area contributed by atoms with Gasteiger partial charge in [-0.2, -0.15) is 4.31 Å². The largest absolute Gasteiger partial charge is 0.573 e. The van der Waals surface area contributed by atoms with E-state index >= 15 is 0 Å². The van der Waals surface area contributed by atoms with E-state index in [0.29, 0.717) is 30.6 Å². The lowest BCUT2D eigenvalue weighted by Crippen LogP contribution is -2.49. The molecule has 0 aliphatic carbocycles. The van der Waals surface area contributed by atoms with E-state index in [4.69, 9.17) is 0 Å². The molecule has 186 valence electrons. The number of rotatable bonds is 7. The minimum atomic E-state index is -4.79. The van der Waals surface area contributed by atoms with Gasteiger partial charge in [-0.1, -0.05) is 19.9 Å². The lowest BCUT2D eigenvalue weighted by Gasteiger charge is -2.33. The molecule has 1 amide bonds. The second-order valence-corrected chi connectivity index (χ2v) is 10.2. The molecule has 0 spiro atoms. The first-order valence-electron chi connectivity index (χ1n) is 10.5. The second-order valence-electron chi connectivity index (χ2n) is 8.26. The van der Waals surface area contributed by atoms with Crippen molar-refractivity contribution >= 4 is 21.9 Å². The van der Waals surface area contributed by atoms with E-state index < -0.39 is 22.3 Å². The molecule has 0 unspecified atom stereocenters. The molecule has 2 aromatic rings. The Morgan fingerprint density at radius 2 is 1.85 bits per heavy atom. The summed E-state index contributed by atoms with van der Waals surface area (Å²) >= 11 is 0. The standard InChI is InChI=1S/C21H26F3N5O4S/c1-14(2)16-7-15(8-18(9-16)33-21(22,23)24)10-25-20-26-11-17(12-27-20)19(30)28-5-4-6-29(13-28)34(3,31)32/h7-9,11-12,14H,4-6,10,13H2,1-3H3,(H,25,26,27). The highest BCUT2D eigenvalue weighted by Crippen LogP contribution is 2.28. The number of alkyl halides is 3. The van der Waals surface area contributed by atoms with Crippen LogP contribution in [0.25, 0.3) is 0 Å². The van der Waals surface area contributed by atoms with Crippen molar-refractivity contribution in [2.75, 3.05) is 31.3 Å². The molecule has 0 saturated carbocycles. The van der Waals surface area contributed by atoms with Gasteiger partial charge in [0.1, 0.15) is 5.75 Å². The minimum Gasteiger partial charge on any atom is -0.406 e. The fraction of sp³-hybridized carbons (Fsp3) is 0.476. The van der Waals surface area contributed by atoms with Crippen LogP contribution in [0.1, 0.15) is 47.7 Å². The number of nitrogens with one attached hydrogen (secondary N) is 1. The van der Waals surface area contributed by atoms with Gasteiger partial charge in [-0.25, -0.2) is 18.4 Å². The van der Waals surface area contributed by atoms with Crippen LogP contribution in [0.3, 0.4) is 0 Å². The summed E-state index contributed by atoms with van der Waals surface area (Å²) in [5.74, 6) is -0.521. The average molecular weight is 502 g/mol. The molecule has 0 bridgehead atoms. The first-order valence-corrected chi connectivity index (χ1v) is 12.4. The van der Waals surface area contributed by atoms with Gasteiger partial charge in [0.05, 0.1) is 18.5 Å². The van der Waals surface area contributed by atoms with Gasteiger partial charge in [0.2, 0.25) is 16.0 Å². The Morgan fingerprint density at radius 3 is 2.44 bits per heavy atom. The van der Waals surface area contributed by atoms with E-state index in [0.717, 1.165) is 6.26 Å². The molecular formula is C21H26F3N5O4S. The van der Waals surface area contributed by atoms with Crippen molar-refractivity contribution in [3.8, 4) is 5.75 Å². The maximum Gasteiger partial charge on any atom is 0.573 e. The molecule has 2 heterocycles. The number of carbonyl (C=O) groups is 1. The van der Waals surface area contributed by atoms with E-state index in [-0.39, 0.29) is 36.4 Å². The summed E-state index contributed by atoms with van der Waals surface area (Å²) in [7, 11) is -3.41. The Hall–Kier alpha value is -2.93. The zero-order valence-electron chi connectivity index (χ0n) is 19.0. The van der Waals surface area contributed by atoms with Crippen LogP contribution in [-0.4, -0.2) is 65.9 Å². The average Bonchev–Trinajstić information content (AvgIpc) is 2.76. The molecule has 13 heteroatoms. The third kappa shape index (κ3) is 7.03. The topological polar surface area (TPSA) is 105 Å². The number of hydrogen-bond acceptors (Lipinski definition) is 7. The number of benzene rings is 1. The highest BCUT2D eigenvalue weighted by molar-refractivity contribution is 7.88. The Kier molecular flexibility index (Phi) is 7.66. The van der Waals surface area contributed by atoms with Crippen LogP contribution in [0, 0.1) is 0 Å². The summed E-state index contributed by atoms with van der Waals surface area (Å²) in [6.07, 6.45) is -0.535. The van der Waals surface area contributed by atoms with Gasteiger partial charge < -0.3 is 15.0 Å². The molecule has 1 aromatic carbocycles. The number of hydrogen-bond donors (Lipinski definition) is 1. The third-order valence-corrected chi connectivity index (χ3v) is 6.39. The van der Waals surface area contributed by atoms with Crippen molar-refractivity contribution in [2.24, 2.45) is 0 Å². The molecular weight excluding hydrogens is 475 g/mol. The lowest BCUT2D eigenvalue weighted by atomic mass is 10.0. The van der Waals surface area contributed by atoms with Gasteiger partial charge in [0.15, 0.2) is 0 Å². The van der Waals surface area contributed by atoms with E-state index in [2.05, 4.69) is 20.0 Å². The smallest absolute Gasteiger partial charge is 0.406 e. The number of aromatic nitrogens is 2. The van der Waals surface area contributed by atoms with Gasteiger partial charge in [-0.3, -0.25) is 4.79 Å². The SMILES string of the molecule is CC(C)c1cc(CNc2ncc(C(=O)N3CCCN(S(C)(=O)=O)C3)cn2)cc(OC(F)(F)F)c1. The predicted molar refractivity (Wildman–Crippen MR) is 119 cm³/mol. The van der Waals surface area contributed by atoms with Gasteiger partial charge in [-0.05, 0) is 35.6 Å². The molecule has 1 aliphatic rings. The van der Waals surface area contributed by atoms with Crippen molar-refractivity contribution < 1.29 is 31.1 Å². The first-order chi connectivity index (χ1) is 15.8. The maximum atomic E-state index is 12.7. The van der Waals surface area contributed by atoms with E-state index in [1.54, 1.807) is 6.07 Å². The van der Waals surface area contributed by atoms with Crippen LogP contribution < -0.4 is 10.1 Å². The molecule has 0 atom stereocenters. The summed E-state index contributed by atoms with van der Waals surface area (Å²) in [5, 5.41) is 2.92. The van der Waals surface area contributed by atoms with Crippen LogP contribution in [-0.2, 0) is 16.6 Å². The van der Waals surface area contributed by atoms with Crippen molar-refractivity contribution in [1.82, 2.24) is 19.2 Å². The van der Waals surface area contributed by atoms with E-state index in [9.17, 15) is 26.4 Å². The van der Waals surface area contributed by atoms with Gasteiger partial charge in [-0.15, -0.1) is 13.2 Å². The monoisotopic (exact) mass is 501 g/mol. The Balaban J connectivity index is 1.66. The van der Waals surface area contributed by atoms with Gasteiger partial charge >= 0.3 is 6.36 Å². The number of anilines is 1. The van der Waals surface area contributed by atoms with Crippen LogP contribution in [0.5, 0.6) is 5.75 Å². The number of amides is 1. The maximum absolute atomic E-state index is 12.7. The molecule has 1 fully saturated rings. The highest BCUT2D eigenvalue weighted by atomic mass is 32.2. The normalized spacial score (nSPS) is 15.4. The lowest BCUT2D eigenvalue weighted by molar-refractivity contribution is -0.274. The number of ether oxygens (including phenoxy) is 1. The van der Waals surface area contributed by atoms with Crippen molar-refractivity contribution in [1.29, 1.82) is 0 Å². The van der Waals surface area contributed by atoms with Crippen LogP contribution >= 0.6 is 0 Å². The number of carbonyl (C=O) groups excluding carboxylic acids is 1. The number of sulfonamides is 1. The van der Waals surface area contributed by atoms with Crippen LogP contribution in [0.2, 0.25) is 0 Å². The summed E-state index contributed by atoms with van der Waals surface area (Å²) in [6, 6.07) is 4.40. The van der Waals surface area contributed by atoms with E-state index in [1.165, 1.54) is 33.7 Å². The first kappa shape index (κ1) is 25.7. The molecule has 0 radical (unpaired) electrons. The number of halogens is 3. The second kappa shape index (κ2) is 10.1. The molecule has 1 N–H and O–H groups in total. The highest BCUT2D eigenvalue weighted by Gasteiger charge is 2.31. The van der Waals surface area contributed by atoms with Crippen LogP contribution in [0.4, 0.5) is 19.1 Å². The molecule has 34 heavy (non-hydrogen) atoms. The minimum absolute atomic E-state index is 0.00881. The number of nitrogens with zero attached hydrogens (tertiary/aromatic N) is 4. The zero-order chi connectivity index (χ0) is 25.1. The fourth-order valence-electron chi connectivity index (χ4n) is 3.41. The third-order valence-electron chi connectivity index (χ3n) is 5.16. The van der Waals surface area contributed by atoms with Crippen molar-refractivity contribution in [3.05, 3.63) is 47.3 Å². The summed E-state index contributed by atoms with van der Waals surface area (Å²) < 4.78 is 66.8. The quantitative estimate of drug-likeness (QED) is 0.621. The molecule has 1 aliphatic heterocycles. The molecule has 3 rings (SSSR count). The van der Waals surface area contributed by atoms with E-state index in [1.807, 2.05) is 13.8 Å². The summed E-state index contributed by atoms with van der Waals surface area (Å²) in [5.41, 5.74) is 1.43. The molecule has 1 saturated heterocycles. The van der Waals surface area contributed by atoms with Crippen molar-refractivity contribution in [3.63, 3.8) is 0 Å². The Labute approximate surface area is 196 Å².